The van der Waals surface area contributed by atoms with Gasteiger partial charge >= 0.3 is 18.4 Å². The summed E-state index contributed by atoms with van der Waals surface area (Å²) in [6, 6.07) is 1.58. The van der Waals surface area contributed by atoms with Crippen LogP contribution < -0.4 is 4.90 Å². The van der Waals surface area contributed by atoms with Crippen LogP contribution in [-0.2, 0) is 4.74 Å². The van der Waals surface area contributed by atoms with Gasteiger partial charge in [0, 0.05) is 44.3 Å². The number of carbonyl (C=O) groups excluding carboxylic acids is 2. The molecule has 4 heterocycles. The number of ether oxygens (including phenoxy) is 1. The van der Waals surface area contributed by atoms with E-state index in [0.29, 0.717) is 25.2 Å². The molecule has 1 spiro atoms. The lowest BCUT2D eigenvalue weighted by Gasteiger charge is -2.44. The number of alkyl halides is 6. The third-order valence-corrected chi connectivity index (χ3v) is 7.11. The van der Waals surface area contributed by atoms with Gasteiger partial charge < -0.3 is 19.4 Å². The van der Waals surface area contributed by atoms with Crippen molar-refractivity contribution in [1.29, 1.82) is 0 Å². The summed E-state index contributed by atoms with van der Waals surface area (Å²) in [6.45, 7) is 1.64. The van der Waals surface area contributed by atoms with Crippen LogP contribution in [-0.4, -0.2) is 88.5 Å². The highest BCUT2D eigenvalue weighted by atomic mass is 35.5. The Morgan fingerprint density at radius 1 is 0.917 bits per heavy atom. The van der Waals surface area contributed by atoms with E-state index >= 15 is 0 Å². The van der Waals surface area contributed by atoms with Crippen molar-refractivity contribution in [2.24, 2.45) is 0 Å². The highest BCUT2D eigenvalue weighted by Gasteiger charge is 2.60. The molecule has 3 aliphatic heterocycles. The molecule has 200 valence electrons. The van der Waals surface area contributed by atoms with E-state index in [0.717, 1.165) is 30.8 Å². The van der Waals surface area contributed by atoms with Crippen molar-refractivity contribution < 1.29 is 40.7 Å². The lowest BCUT2D eigenvalue weighted by Crippen LogP contribution is -2.56. The topological polar surface area (TPSA) is 78.9 Å². The Bertz CT molecular complexity index is 979. The fourth-order valence-electron chi connectivity index (χ4n) is 5.14. The second-order valence-electron chi connectivity index (χ2n) is 9.19. The molecule has 0 bridgehead atoms. The van der Waals surface area contributed by atoms with Crippen LogP contribution in [0.15, 0.2) is 6.07 Å². The second kappa shape index (κ2) is 9.75. The minimum atomic E-state index is -5.79. The van der Waals surface area contributed by atoms with E-state index in [2.05, 4.69) is 14.7 Å². The summed E-state index contributed by atoms with van der Waals surface area (Å²) in [7, 11) is 0. The number of hydrogen-bond acceptors (Lipinski definition) is 6. The molecule has 1 aromatic rings. The Hall–Kier alpha value is -2.51. The molecule has 1 aromatic heterocycles. The van der Waals surface area contributed by atoms with Gasteiger partial charge in [0.05, 0.1) is 0 Å². The van der Waals surface area contributed by atoms with Crippen molar-refractivity contribution >= 4 is 29.4 Å². The van der Waals surface area contributed by atoms with Crippen LogP contribution in [0, 0.1) is 0 Å². The lowest BCUT2D eigenvalue weighted by atomic mass is 9.85. The first-order valence-electron chi connectivity index (χ1n) is 11.5. The zero-order chi connectivity index (χ0) is 26.3. The molecule has 4 rings (SSSR count). The van der Waals surface area contributed by atoms with Gasteiger partial charge in [-0.25, -0.2) is 14.8 Å². The van der Waals surface area contributed by atoms with Crippen molar-refractivity contribution in [3.63, 3.8) is 0 Å². The van der Waals surface area contributed by atoms with Crippen molar-refractivity contribution in [1.82, 2.24) is 19.8 Å². The van der Waals surface area contributed by atoms with Crippen LogP contribution in [0.3, 0.4) is 0 Å². The first-order chi connectivity index (χ1) is 16.8. The molecule has 15 heteroatoms. The molecule has 0 aliphatic carbocycles. The van der Waals surface area contributed by atoms with E-state index < -0.39 is 30.1 Å². The maximum atomic E-state index is 13.4. The standard InChI is InChI=1S/C21H24ClF6N5O3/c22-17-29-13(12-14(30-17)31-7-1-2-8-31)15(34)33-9-3-4-19(33)5-10-32(11-6-19)18(35)36-16(20(23,24)25)21(26,27)28/h12,16H,1-11H2. The van der Waals surface area contributed by atoms with Gasteiger partial charge in [0.2, 0.25) is 5.28 Å². The number of amides is 2. The number of nitrogens with zero attached hydrogens (tertiary/aromatic N) is 5. The van der Waals surface area contributed by atoms with Crippen molar-refractivity contribution in [2.75, 3.05) is 37.6 Å². The molecule has 0 atom stereocenters. The molecule has 3 saturated heterocycles. The lowest BCUT2D eigenvalue weighted by molar-refractivity contribution is -0.308. The van der Waals surface area contributed by atoms with E-state index in [1.165, 1.54) is 0 Å². The molecule has 3 aliphatic rings. The molecular weight excluding hydrogens is 520 g/mol. The van der Waals surface area contributed by atoms with Gasteiger partial charge in [-0.15, -0.1) is 0 Å². The van der Waals surface area contributed by atoms with E-state index in [1.807, 2.05) is 4.90 Å². The SMILES string of the molecule is O=C(OC(C(F)(F)F)C(F)(F)F)N1CCC2(CCCN2C(=O)c2cc(N3CCCC3)nc(Cl)n2)CC1. The average molecular weight is 544 g/mol. The predicted octanol–water partition coefficient (Wildman–Crippen LogP) is 4.43. The van der Waals surface area contributed by atoms with E-state index in [-0.39, 0.29) is 42.8 Å². The maximum absolute atomic E-state index is 13.4. The average Bonchev–Trinajstić information content (AvgIpc) is 3.46. The molecule has 0 saturated carbocycles. The largest absolute Gasteiger partial charge is 0.434 e. The number of anilines is 1. The Balaban J connectivity index is 1.45. The smallest absolute Gasteiger partial charge is 0.426 e. The summed E-state index contributed by atoms with van der Waals surface area (Å²) < 4.78 is 80.4. The van der Waals surface area contributed by atoms with Gasteiger partial charge in [0.25, 0.3) is 12.0 Å². The Morgan fingerprint density at radius 2 is 1.53 bits per heavy atom. The van der Waals surface area contributed by atoms with Crippen LogP contribution in [0.25, 0.3) is 0 Å². The quantitative estimate of drug-likeness (QED) is 0.415. The number of likely N-dealkylation sites (tertiary alicyclic amines) is 2. The van der Waals surface area contributed by atoms with Crippen molar-refractivity contribution in [3.05, 3.63) is 17.0 Å². The van der Waals surface area contributed by atoms with Gasteiger partial charge in [0.1, 0.15) is 11.5 Å². The van der Waals surface area contributed by atoms with Gasteiger partial charge in [0.15, 0.2) is 0 Å². The Morgan fingerprint density at radius 3 is 2.11 bits per heavy atom. The molecule has 0 radical (unpaired) electrons. The monoisotopic (exact) mass is 543 g/mol. The number of aromatic nitrogens is 2. The van der Waals surface area contributed by atoms with Crippen LogP contribution in [0.5, 0.6) is 0 Å². The van der Waals surface area contributed by atoms with E-state index in [1.54, 1.807) is 11.0 Å². The molecule has 36 heavy (non-hydrogen) atoms. The van der Waals surface area contributed by atoms with Crippen LogP contribution in [0.2, 0.25) is 5.28 Å². The third kappa shape index (κ3) is 5.42. The number of halogens is 7. The predicted molar refractivity (Wildman–Crippen MR) is 115 cm³/mol. The first kappa shape index (κ1) is 26.6. The molecule has 2 amide bonds. The fraction of sp³-hybridized carbons (Fsp3) is 0.714. The molecule has 0 aromatic carbocycles. The summed E-state index contributed by atoms with van der Waals surface area (Å²) in [4.78, 5) is 38.3. The summed E-state index contributed by atoms with van der Waals surface area (Å²) >= 11 is 6.08. The van der Waals surface area contributed by atoms with Crippen LogP contribution in [0.4, 0.5) is 37.0 Å². The highest BCUT2D eigenvalue weighted by Crippen LogP contribution is 2.41. The Labute approximate surface area is 207 Å². The fourth-order valence-corrected chi connectivity index (χ4v) is 5.31. The summed E-state index contributed by atoms with van der Waals surface area (Å²) in [5.41, 5.74) is -0.592. The number of piperidine rings is 1. The number of hydrogen-bond donors (Lipinski definition) is 0. The van der Waals surface area contributed by atoms with E-state index in [9.17, 15) is 35.9 Å². The molecule has 3 fully saturated rings. The van der Waals surface area contributed by atoms with Crippen molar-refractivity contribution in [2.45, 2.75) is 62.5 Å². The summed E-state index contributed by atoms with van der Waals surface area (Å²) in [5.74, 6) is 0.160. The van der Waals surface area contributed by atoms with Gasteiger partial charge in [-0.05, 0) is 50.1 Å². The Kier molecular flexibility index (Phi) is 7.19. The van der Waals surface area contributed by atoms with E-state index in [4.69, 9.17) is 11.6 Å². The van der Waals surface area contributed by atoms with Gasteiger partial charge in [-0.2, -0.15) is 26.3 Å². The minimum absolute atomic E-state index is 0.0718. The minimum Gasteiger partial charge on any atom is -0.426 e. The zero-order valence-corrected chi connectivity index (χ0v) is 19.8. The van der Waals surface area contributed by atoms with Crippen molar-refractivity contribution in [3.8, 4) is 0 Å². The van der Waals surface area contributed by atoms with Crippen LogP contribution in [0.1, 0.15) is 49.0 Å². The normalized spacial score (nSPS) is 20.5. The highest BCUT2D eigenvalue weighted by molar-refractivity contribution is 6.28. The zero-order valence-electron chi connectivity index (χ0n) is 19.0. The molecule has 0 unspecified atom stereocenters. The third-order valence-electron chi connectivity index (χ3n) is 6.94. The summed E-state index contributed by atoms with van der Waals surface area (Å²) in [6.07, 6.45) is -13.9. The van der Waals surface area contributed by atoms with Gasteiger partial charge in [-0.3, -0.25) is 4.79 Å². The van der Waals surface area contributed by atoms with Gasteiger partial charge in [-0.1, -0.05) is 0 Å². The molecular formula is C21H24ClF6N5O3. The number of carbonyl (C=O) groups is 2. The maximum Gasteiger partial charge on any atom is 0.434 e. The first-order valence-corrected chi connectivity index (χ1v) is 11.9. The summed E-state index contributed by atoms with van der Waals surface area (Å²) in [5, 5.41) is -0.0718. The number of rotatable bonds is 3. The molecule has 8 nitrogen and oxygen atoms in total. The second-order valence-corrected chi connectivity index (χ2v) is 9.53. The van der Waals surface area contributed by atoms with Crippen LogP contribution >= 0.6 is 11.6 Å². The molecule has 0 N–H and O–H groups in total.